The zero-order valence-corrected chi connectivity index (χ0v) is 34.0. The lowest BCUT2D eigenvalue weighted by molar-refractivity contribution is 0.164. The Balaban J connectivity index is 1.18. The molecule has 2 saturated carbocycles. The normalized spacial score (nSPS) is 22.9. The molecule has 0 radical (unpaired) electrons. The molecule has 5 heteroatoms. The van der Waals surface area contributed by atoms with Crippen LogP contribution in [-0.4, -0.2) is 12.1 Å². The van der Waals surface area contributed by atoms with Crippen molar-refractivity contribution in [3.8, 4) is 5.75 Å². The van der Waals surface area contributed by atoms with Crippen LogP contribution in [0.1, 0.15) is 116 Å². The number of hydrogen-bond donors (Lipinski definition) is 0. The third kappa shape index (κ3) is 5.04. The van der Waals surface area contributed by atoms with E-state index in [0.717, 1.165) is 48.1 Å². The van der Waals surface area contributed by atoms with Crippen LogP contribution in [0.2, 0.25) is 0 Å². The third-order valence-corrected chi connectivity index (χ3v) is 14.2. The summed E-state index contributed by atoms with van der Waals surface area (Å²) in [6, 6.07) is 34.8. The van der Waals surface area contributed by atoms with Gasteiger partial charge < -0.3 is 19.0 Å². The van der Waals surface area contributed by atoms with Gasteiger partial charge in [-0.25, -0.2) is 0 Å². The maximum atomic E-state index is 7.51. The fourth-order valence-electron chi connectivity index (χ4n) is 11.2. The van der Waals surface area contributed by atoms with E-state index in [1.807, 2.05) is 0 Å². The Bertz CT molecular complexity index is 2520. The second-order valence-corrected chi connectivity index (χ2v) is 19.5. The second kappa shape index (κ2) is 12.3. The molecule has 4 atom stereocenters. The number of fused-ring (bicyclic) bond motifs is 12. The number of furan rings is 1. The summed E-state index contributed by atoms with van der Waals surface area (Å²) in [4.78, 5) is 7.77. The number of ether oxygens (including phenoxy) is 1. The molecule has 5 aromatic carbocycles. The van der Waals surface area contributed by atoms with Gasteiger partial charge in [0.25, 0.3) is 0 Å². The molecular formula is C51H55N3O2. The smallest absolute Gasteiger partial charge is 0.230 e. The summed E-state index contributed by atoms with van der Waals surface area (Å²) < 4.78 is 14.2. The molecule has 3 aliphatic heterocycles. The van der Waals surface area contributed by atoms with Crippen LogP contribution < -0.4 is 19.4 Å². The second-order valence-electron chi connectivity index (χ2n) is 19.5. The highest BCUT2D eigenvalue weighted by atomic mass is 16.5. The first-order chi connectivity index (χ1) is 27.1. The van der Waals surface area contributed by atoms with Crippen molar-refractivity contribution < 1.29 is 9.15 Å². The van der Waals surface area contributed by atoms with Crippen molar-refractivity contribution in [2.75, 3.05) is 14.7 Å². The van der Waals surface area contributed by atoms with Gasteiger partial charge in [0, 0.05) is 34.0 Å². The lowest BCUT2D eigenvalue weighted by Crippen LogP contribution is -2.37. The van der Waals surface area contributed by atoms with Gasteiger partial charge in [-0.2, -0.15) is 0 Å². The molecule has 0 saturated heterocycles. The van der Waals surface area contributed by atoms with E-state index in [9.17, 15) is 0 Å². The van der Waals surface area contributed by atoms with Crippen LogP contribution >= 0.6 is 0 Å². The van der Waals surface area contributed by atoms with Crippen molar-refractivity contribution in [3.05, 3.63) is 102 Å². The molecule has 0 bridgehead atoms. The average molecular weight is 742 g/mol. The van der Waals surface area contributed by atoms with E-state index in [2.05, 4.69) is 147 Å². The maximum absolute atomic E-state index is 7.51. The predicted molar refractivity (Wildman–Crippen MR) is 233 cm³/mol. The van der Waals surface area contributed by atoms with Crippen LogP contribution in [0.4, 0.5) is 45.7 Å². The predicted octanol–water partition coefficient (Wildman–Crippen LogP) is 15.0. The molecule has 5 aliphatic rings. The topological polar surface area (TPSA) is 32.1 Å². The van der Waals surface area contributed by atoms with Gasteiger partial charge in [0.1, 0.15) is 23.1 Å². The SMILES string of the molecule is CC(C)(C)c1ccc(N2c3cccc4c3N(c3ccc5ccccc5c32)c2oc3c5c(ccc3c2N4C2CCCC(C(C)(C)C)CC2)OC2CCCCC52)cc1. The number of nitrogens with zero attached hydrogens (tertiary/aromatic N) is 3. The number of para-hydroxylation sites is 1. The molecule has 286 valence electrons. The van der Waals surface area contributed by atoms with E-state index < -0.39 is 0 Å². The van der Waals surface area contributed by atoms with Crippen LogP contribution in [0.15, 0.2) is 95.4 Å². The zero-order valence-electron chi connectivity index (χ0n) is 34.0. The van der Waals surface area contributed by atoms with E-state index in [1.54, 1.807) is 0 Å². The molecule has 0 amide bonds. The first-order valence-corrected chi connectivity index (χ1v) is 21.5. The Labute approximate surface area is 332 Å². The fourth-order valence-corrected chi connectivity index (χ4v) is 11.2. The molecule has 5 nitrogen and oxygen atoms in total. The minimum atomic E-state index is 0.0690. The molecule has 56 heavy (non-hydrogen) atoms. The Morgan fingerprint density at radius 2 is 1.38 bits per heavy atom. The molecule has 4 heterocycles. The van der Waals surface area contributed by atoms with Gasteiger partial charge in [-0.3, -0.25) is 4.90 Å². The van der Waals surface area contributed by atoms with Crippen LogP contribution in [0, 0.1) is 11.3 Å². The van der Waals surface area contributed by atoms with Crippen LogP contribution in [-0.2, 0) is 5.41 Å². The summed E-state index contributed by atoms with van der Waals surface area (Å²) in [6.45, 7) is 14.2. The largest absolute Gasteiger partial charge is 0.489 e. The number of benzene rings is 5. The summed E-state index contributed by atoms with van der Waals surface area (Å²) in [5.74, 6) is 3.08. The number of rotatable bonds is 2. The highest BCUT2D eigenvalue weighted by Gasteiger charge is 2.47. The standard InChI is InChI=1S/C51H55N3O2/c1-50(2,3)32-14-11-15-34(25-22-32)53-40-19-12-18-39-47(40)54(49-46(53)38-28-30-43-44(48(38)56-49)37-17-9-10-20-42(37)55-43)41-29-21-31-13-7-8-16-36(31)45(41)52(39)35-26-23-33(24-27-35)51(4,5)6/h7-8,12-13,16,18-19,21,23-24,26-30,32,34,37,42H,9-11,14-15,17,20,22,25H2,1-6H3. The van der Waals surface area contributed by atoms with E-state index in [-0.39, 0.29) is 11.5 Å². The van der Waals surface area contributed by atoms with Crippen molar-refractivity contribution >= 4 is 67.4 Å². The lowest BCUT2D eigenvalue weighted by Gasteiger charge is -2.47. The zero-order chi connectivity index (χ0) is 38.1. The first kappa shape index (κ1) is 34.4. The monoisotopic (exact) mass is 741 g/mol. The fraction of sp³-hybridized carbons (Fsp3) is 0.412. The lowest BCUT2D eigenvalue weighted by atomic mass is 9.76. The van der Waals surface area contributed by atoms with E-state index in [0.29, 0.717) is 17.4 Å². The minimum absolute atomic E-state index is 0.0690. The summed E-state index contributed by atoms with van der Waals surface area (Å²) in [5, 5.41) is 3.69. The Kier molecular flexibility index (Phi) is 7.55. The third-order valence-electron chi connectivity index (χ3n) is 14.2. The molecule has 4 unspecified atom stereocenters. The van der Waals surface area contributed by atoms with Gasteiger partial charge in [-0.1, -0.05) is 103 Å². The minimum Gasteiger partial charge on any atom is -0.489 e. The summed E-state index contributed by atoms with van der Waals surface area (Å²) in [7, 11) is 0. The molecule has 2 fully saturated rings. The summed E-state index contributed by atoms with van der Waals surface area (Å²) >= 11 is 0. The molecule has 1 aromatic heterocycles. The van der Waals surface area contributed by atoms with Crippen molar-refractivity contribution in [3.63, 3.8) is 0 Å². The molecule has 0 spiro atoms. The van der Waals surface area contributed by atoms with Gasteiger partial charge >= 0.3 is 0 Å². The Morgan fingerprint density at radius 1 is 0.589 bits per heavy atom. The van der Waals surface area contributed by atoms with Crippen LogP contribution in [0.25, 0.3) is 21.7 Å². The van der Waals surface area contributed by atoms with E-state index in [4.69, 9.17) is 9.15 Å². The van der Waals surface area contributed by atoms with Gasteiger partial charge in [-0.15, -0.1) is 0 Å². The summed E-state index contributed by atoms with van der Waals surface area (Å²) in [5.41, 5.74) is 12.5. The van der Waals surface area contributed by atoms with Crippen molar-refractivity contribution in [1.82, 2.24) is 0 Å². The summed E-state index contributed by atoms with van der Waals surface area (Å²) in [6.07, 6.45) is 11.1. The highest BCUT2D eigenvalue weighted by Crippen LogP contribution is 2.66. The van der Waals surface area contributed by atoms with Gasteiger partial charge in [0.05, 0.1) is 28.4 Å². The number of hydrogen-bond acceptors (Lipinski definition) is 5. The maximum Gasteiger partial charge on any atom is 0.230 e. The molecule has 11 rings (SSSR count). The van der Waals surface area contributed by atoms with Gasteiger partial charge in [0.2, 0.25) is 5.88 Å². The van der Waals surface area contributed by atoms with Crippen molar-refractivity contribution in [2.24, 2.45) is 11.3 Å². The quantitative estimate of drug-likeness (QED) is 0.165. The number of anilines is 8. The van der Waals surface area contributed by atoms with Gasteiger partial charge in [-0.05, 0) is 115 Å². The van der Waals surface area contributed by atoms with E-state index in [1.165, 1.54) is 99.9 Å². The van der Waals surface area contributed by atoms with Gasteiger partial charge in [0.15, 0.2) is 0 Å². The van der Waals surface area contributed by atoms with E-state index >= 15 is 0 Å². The Morgan fingerprint density at radius 3 is 2.20 bits per heavy atom. The molecule has 0 N–H and O–H groups in total. The van der Waals surface area contributed by atoms with Crippen molar-refractivity contribution in [2.45, 2.75) is 123 Å². The van der Waals surface area contributed by atoms with Crippen molar-refractivity contribution in [1.29, 1.82) is 0 Å². The average Bonchev–Trinajstić information content (AvgIpc) is 3.65. The Hall–Kier alpha value is -4.90. The van der Waals surface area contributed by atoms with Crippen LogP contribution in [0.3, 0.4) is 0 Å². The molecule has 2 aliphatic carbocycles. The van der Waals surface area contributed by atoms with Crippen LogP contribution in [0.5, 0.6) is 5.75 Å². The first-order valence-electron chi connectivity index (χ1n) is 21.5. The highest BCUT2D eigenvalue weighted by molar-refractivity contribution is 6.18. The molecule has 6 aromatic rings. The molecular weight excluding hydrogens is 687 g/mol.